The predicted octanol–water partition coefficient (Wildman–Crippen LogP) is 2.36. The van der Waals surface area contributed by atoms with Gasteiger partial charge in [0.15, 0.2) is 0 Å². The number of fused-ring (bicyclic) bond motifs is 1. The molecule has 0 saturated carbocycles. The van der Waals surface area contributed by atoms with Crippen molar-refractivity contribution in [3.63, 3.8) is 0 Å². The van der Waals surface area contributed by atoms with Crippen LogP contribution in [0.1, 0.15) is 34.2 Å². The van der Waals surface area contributed by atoms with Crippen molar-refractivity contribution in [3.8, 4) is 0 Å². The number of imidazole rings is 1. The average Bonchev–Trinajstić information content (AvgIpc) is 3.07. The number of benzene rings is 1. The first-order valence-electron chi connectivity index (χ1n) is 8.50. The zero-order valence-electron chi connectivity index (χ0n) is 13.8. The fourth-order valence-electron chi connectivity index (χ4n) is 3.56. The first-order valence-corrected chi connectivity index (χ1v) is 8.50. The number of morpholine rings is 1. The first kappa shape index (κ1) is 16.2. The third-order valence-corrected chi connectivity index (χ3v) is 4.91. The summed E-state index contributed by atoms with van der Waals surface area (Å²) in [5.41, 5.74) is 0.803. The molecule has 132 valence electrons. The lowest BCUT2D eigenvalue weighted by Gasteiger charge is -2.25. The Hall–Kier alpha value is -2.28. The van der Waals surface area contributed by atoms with Crippen LogP contribution in [0.15, 0.2) is 24.4 Å². The number of aromatic nitrogens is 2. The fourth-order valence-corrected chi connectivity index (χ4v) is 3.56. The smallest absolute Gasteiger partial charge is 0.274 e. The highest BCUT2D eigenvalue weighted by Crippen LogP contribution is 2.31. The number of rotatable bonds is 2. The number of aryl methyl sites for hydroxylation is 1. The van der Waals surface area contributed by atoms with E-state index >= 15 is 0 Å². The van der Waals surface area contributed by atoms with Crippen LogP contribution in [0.25, 0.3) is 0 Å². The third kappa shape index (κ3) is 3.16. The molecule has 1 aromatic carbocycles. The monoisotopic (exact) mass is 347 g/mol. The van der Waals surface area contributed by atoms with Gasteiger partial charge < -0.3 is 14.2 Å². The molecule has 0 aliphatic carbocycles. The highest BCUT2D eigenvalue weighted by Gasteiger charge is 2.27. The molecule has 2 aromatic rings. The van der Waals surface area contributed by atoms with E-state index in [9.17, 15) is 13.6 Å². The maximum absolute atomic E-state index is 14.0. The van der Waals surface area contributed by atoms with Crippen molar-refractivity contribution in [2.75, 3.05) is 26.3 Å². The van der Waals surface area contributed by atoms with Crippen molar-refractivity contribution < 1.29 is 18.3 Å². The van der Waals surface area contributed by atoms with Crippen molar-refractivity contribution in [3.05, 3.63) is 53.1 Å². The molecule has 1 aromatic heterocycles. The van der Waals surface area contributed by atoms with Gasteiger partial charge in [-0.3, -0.25) is 4.79 Å². The predicted molar refractivity (Wildman–Crippen MR) is 86.4 cm³/mol. The number of hydrogen-bond donors (Lipinski definition) is 0. The minimum absolute atomic E-state index is 0.0984. The van der Waals surface area contributed by atoms with Crippen LogP contribution in [-0.4, -0.2) is 46.7 Å². The minimum Gasteiger partial charge on any atom is -0.378 e. The number of nitrogens with zero attached hydrogens (tertiary/aromatic N) is 3. The lowest BCUT2D eigenvalue weighted by atomic mass is 9.91. The van der Waals surface area contributed by atoms with Crippen LogP contribution in [0.4, 0.5) is 8.78 Å². The summed E-state index contributed by atoms with van der Waals surface area (Å²) in [6.07, 6.45) is 3.05. The molecule has 0 N–H and O–H groups in total. The number of carbonyl (C=O) groups excluding carboxylic acids is 1. The van der Waals surface area contributed by atoms with Crippen molar-refractivity contribution in [2.24, 2.45) is 0 Å². The first-order chi connectivity index (χ1) is 12.1. The average molecular weight is 347 g/mol. The molecule has 5 nitrogen and oxygen atoms in total. The van der Waals surface area contributed by atoms with E-state index in [1.807, 2.05) is 4.57 Å². The van der Waals surface area contributed by atoms with Gasteiger partial charge in [-0.05, 0) is 30.2 Å². The van der Waals surface area contributed by atoms with Crippen LogP contribution in [0, 0.1) is 11.6 Å². The SMILES string of the molecule is O=C(c1cn2c(n1)CC[C@H](c1cc(F)ccc1F)C2)N1CCOCC1. The molecule has 1 fully saturated rings. The van der Waals surface area contributed by atoms with Crippen LogP contribution < -0.4 is 0 Å². The summed E-state index contributed by atoms with van der Waals surface area (Å²) in [5, 5.41) is 0. The van der Waals surface area contributed by atoms with Crippen LogP contribution >= 0.6 is 0 Å². The zero-order chi connectivity index (χ0) is 17.4. The van der Waals surface area contributed by atoms with E-state index in [1.54, 1.807) is 11.1 Å². The van der Waals surface area contributed by atoms with Crippen molar-refractivity contribution >= 4 is 5.91 Å². The molecule has 4 rings (SSSR count). The van der Waals surface area contributed by atoms with E-state index < -0.39 is 5.82 Å². The Kier molecular flexibility index (Phi) is 4.25. The lowest BCUT2D eigenvalue weighted by molar-refractivity contribution is 0.0299. The summed E-state index contributed by atoms with van der Waals surface area (Å²) < 4.78 is 34.7. The van der Waals surface area contributed by atoms with Gasteiger partial charge in [-0.25, -0.2) is 13.8 Å². The van der Waals surface area contributed by atoms with E-state index in [2.05, 4.69) is 4.98 Å². The lowest BCUT2D eigenvalue weighted by Crippen LogP contribution is -2.40. The van der Waals surface area contributed by atoms with Crippen molar-refractivity contribution in [1.82, 2.24) is 14.5 Å². The molecule has 7 heteroatoms. The highest BCUT2D eigenvalue weighted by molar-refractivity contribution is 5.92. The maximum Gasteiger partial charge on any atom is 0.274 e. The van der Waals surface area contributed by atoms with Gasteiger partial charge in [-0.15, -0.1) is 0 Å². The molecule has 3 heterocycles. The molecule has 0 radical (unpaired) electrons. The summed E-state index contributed by atoms with van der Waals surface area (Å²) in [6, 6.07) is 3.56. The quantitative estimate of drug-likeness (QED) is 0.838. The number of hydrogen-bond acceptors (Lipinski definition) is 3. The molecule has 2 aliphatic heterocycles. The molecular weight excluding hydrogens is 328 g/mol. The van der Waals surface area contributed by atoms with Crippen LogP contribution in [0.5, 0.6) is 0 Å². The summed E-state index contributed by atoms with van der Waals surface area (Å²) in [6.45, 7) is 2.72. The van der Waals surface area contributed by atoms with Gasteiger partial charge in [0, 0.05) is 38.2 Å². The van der Waals surface area contributed by atoms with Gasteiger partial charge in [0.25, 0.3) is 5.91 Å². The van der Waals surface area contributed by atoms with Crippen LogP contribution in [0.2, 0.25) is 0 Å². The van der Waals surface area contributed by atoms with Crippen molar-refractivity contribution in [1.29, 1.82) is 0 Å². The topological polar surface area (TPSA) is 47.4 Å². The molecule has 1 atom stereocenters. The molecule has 0 spiro atoms. The Morgan fingerprint density at radius 3 is 2.84 bits per heavy atom. The standard InChI is InChI=1S/C18H19F2N3O2/c19-13-2-3-15(20)14(9-13)12-1-4-17-21-16(11-23(17)10-12)18(24)22-5-7-25-8-6-22/h2-3,9,11-12H,1,4-8,10H2/t12-/m0/s1. The minimum atomic E-state index is -0.434. The number of amides is 1. The molecule has 1 amide bonds. The van der Waals surface area contributed by atoms with Gasteiger partial charge in [-0.2, -0.15) is 0 Å². The molecular formula is C18H19F2N3O2. The molecule has 0 unspecified atom stereocenters. The number of ether oxygens (including phenoxy) is 1. The van der Waals surface area contributed by atoms with E-state index in [0.717, 1.165) is 11.9 Å². The Bertz CT molecular complexity index is 800. The van der Waals surface area contributed by atoms with Crippen molar-refractivity contribution in [2.45, 2.75) is 25.3 Å². The van der Waals surface area contributed by atoms with Gasteiger partial charge in [0.2, 0.25) is 0 Å². The van der Waals surface area contributed by atoms with Gasteiger partial charge in [0.1, 0.15) is 23.2 Å². The summed E-state index contributed by atoms with van der Waals surface area (Å²) >= 11 is 0. The molecule has 0 bridgehead atoms. The second kappa shape index (κ2) is 6.55. The number of halogens is 2. The van der Waals surface area contributed by atoms with E-state index in [0.29, 0.717) is 56.9 Å². The molecule has 25 heavy (non-hydrogen) atoms. The van der Waals surface area contributed by atoms with E-state index in [4.69, 9.17) is 4.74 Å². The Morgan fingerprint density at radius 2 is 2.04 bits per heavy atom. The summed E-state index contributed by atoms with van der Waals surface area (Å²) in [5.74, 6) is -0.220. The Balaban J connectivity index is 1.54. The Labute approximate surface area is 144 Å². The summed E-state index contributed by atoms with van der Waals surface area (Å²) in [7, 11) is 0. The van der Waals surface area contributed by atoms with E-state index in [1.165, 1.54) is 12.1 Å². The summed E-state index contributed by atoms with van der Waals surface area (Å²) in [4.78, 5) is 18.7. The Morgan fingerprint density at radius 1 is 1.24 bits per heavy atom. The number of carbonyl (C=O) groups is 1. The van der Waals surface area contributed by atoms with Gasteiger partial charge >= 0.3 is 0 Å². The van der Waals surface area contributed by atoms with Crippen LogP contribution in [-0.2, 0) is 17.7 Å². The largest absolute Gasteiger partial charge is 0.378 e. The van der Waals surface area contributed by atoms with Crippen LogP contribution in [0.3, 0.4) is 0 Å². The maximum atomic E-state index is 14.0. The second-order valence-corrected chi connectivity index (χ2v) is 6.50. The van der Waals surface area contributed by atoms with Gasteiger partial charge in [0.05, 0.1) is 13.2 Å². The fraction of sp³-hybridized carbons (Fsp3) is 0.444. The van der Waals surface area contributed by atoms with Gasteiger partial charge in [-0.1, -0.05) is 0 Å². The van der Waals surface area contributed by atoms with E-state index in [-0.39, 0.29) is 17.6 Å². The molecule has 2 aliphatic rings. The zero-order valence-corrected chi connectivity index (χ0v) is 13.8. The normalized spacial score (nSPS) is 20.4. The second-order valence-electron chi connectivity index (χ2n) is 6.50. The third-order valence-electron chi connectivity index (χ3n) is 4.91. The molecule has 1 saturated heterocycles. The highest BCUT2D eigenvalue weighted by atomic mass is 19.1.